The summed E-state index contributed by atoms with van der Waals surface area (Å²) in [7, 11) is 0. The van der Waals surface area contributed by atoms with Crippen LogP contribution >= 0.6 is 0 Å². The average Bonchev–Trinajstić information content (AvgIpc) is 2.36. The molecule has 0 bridgehead atoms. The summed E-state index contributed by atoms with van der Waals surface area (Å²) in [4.78, 5) is 25.6. The van der Waals surface area contributed by atoms with Gasteiger partial charge in [0.2, 0.25) is 0 Å². The van der Waals surface area contributed by atoms with Gasteiger partial charge in [-0.1, -0.05) is 51.9 Å². The summed E-state index contributed by atoms with van der Waals surface area (Å²) < 4.78 is 0. The van der Waals surface area contributed by atoms with Gasteiger partial charge in [0, 0.05) is 6.54 Å². The number of carbonyl (C=O) groups is 2. The quantitative estimate of drug-likeness (QED) is 0.377. The number of amides is 2. The lowest BCUT2D eigenvalue weighted by atomic mass is 10.1. The van der Waals surface area contributed by atoms with Gasteiger partial charge in [-0.25, -0.2) is 15.1 Å². The van der Waals surface area contributed by atoms with Crippen LogP contribution in [0.1, 0.15) is 58.3 Å². The first-order valence-corrected chi connectivity index (χ1v) is 7.04. The summed E-state index contributed by atoms with van der Waals surface area (Å²) >= 11 is 0. The normalized spacial score (nSPS) is 10.2. The fraction of sp³-hybridized carbons (Fsp3) is 0.846. The first-order valence-electron chi connectivity index (χ1n) is 7.04. The van der Waals surface area contributed by atoms with Gasteiger partial charge in [0.1, 0.15) is 0 Å². The predicted octanol–water partition coefficient (Wildman–Crippen LogP) is 2.44. The van der Waals surface area contributed by atoms with Crippen molar-refractivity contribution >= 4 is 12.0 Å². The Labute approximate surface area is 114 Å². The number of carboxylic acids is 1. The molecular weight excluding hydrogens is 248 g/mol. The zero-order valence-electron chi connectivity index (χ0n) is 11.7. The molecule has 0 radical (unpaired) electrons. The Morgan fingerprint density at radius 1 is 1.00 bits per heavy atom. The largest absolute Gasteiger partial charge is 0.479 e. The molecule has 0 aliphatic rings. The highest BCUT2D eigenvalue weighted by Crippen LogP contribution is 2.07. The van der Waals surface area contributed by atoms with Gasteiger partial charge in [0.15, 0.2) is 6.61 Å². The topological polar surface area (TPSA) is 87.7 Å². The molecule has 0 aliphatic heterocycles. The molecule has 0 saturated carbocycles. The predicted molar refractivity (Wildman–Crippen MR) is 72.7 cm³/mol. The van der Waals surface area contributed by atoms with Crippen LogP contribution in [0.15, 0.2) is 0 Å². The van der Waals surface area contributed by atoms with E-state index in [0.717, 1.165) is 12.8 Å². The number of urea groups is 1. The van der Waals surface area contributed by atoms with E-state index in [-0.39, 0.29) is 0 Å². The number of aliphatic carboxylic acids is 1. The van der Waals surface area contributed by atoms with Crippen LogP contribution in [-0.4, -0.2) is 30.3 Å². The maximum absolute atomic E-state index is 11.1. The molecule has 0 unspecified atom stereocenters. The van der Waals surface area contributed by atoms with Crippen molar-refractivity contribution in [1.29, 1.82) is 0 Å². The lowest BCUT2D eigenvalue weighted by Crippen LogP contribution is -2.37. The fourth-order valence-corrected chi connectivity index (χ4v) is 1.66. The van der Waals surface area contributed by atoms with E-state index in [1.165, 1.54) is 38.5 Å². The Morgan fingerprint density at radius 2 is 1.58 bits per heavy atom. The third-order valence-electron chi connectivity index (χ3n) is 2.68. The molecule has 0 aromatic carbocycles. The van der Waals surface area contributed by atoms with Gasteiger partial charge in [-0.2, -0.15) is 0 Å². The van der Waals surface area contributed by atoms with E-state index in [2.05, 4.69) is 17.1 Å². The molecule has 0 aromatic heterocycles. The molecular formula is C13H26N2O4. The zero-order chi connectivity index (χ0) is 14.3. The molecule has 0 fully saturated rings. The number of carbonyl (C=O) groups excluding carboxylic acids is 1. The van der Waals surface area contributed by atoms with Gasteiger partial charge in [0.05, 0.1) is 0 Å². The molecule has 112 valence electrons. The first kappa shape index (κ1) is 17.7. The van der Waals surface area contributed by atoms with Crippen LogP contribution in [0.4, 0.5) is 4.79 Å². The molecule has 0 atom stereocenters. The fourth-order valence-electron chi connectivity index (χ4n) is 1.66. The smallest absolute Gasteiger partial charge is 0.338 e. The Kier molecular flexibility index (Phi) is 12.2. The molecule has 0 saturated heterocycles. The van der Waals surface area contributed by atoms with Crippen molar-refractivity contribution in [2.24, 2.45) is 0 Å². The number of hydrogen-bond acceptors (Lipinski definition) is 3. The second kappa shape index (κ2) is 13.1. The molecule has 0 heterocycles. The van der Waals surface area contributed by atoms with Crippen molar-refractivity contribution in [3.05, 3.63) is 0 Å². The van der Waals surface area contributed by atoms with Crippen LogP contribution in [-0.2, 0) is 9.63 Å². The lowest BCUT2D eigenvalue weighted by molar-refractivity contribution is -0.144. The van der Waals surface area contributed by atoms with Gasteiger partial charge in [-0.3, -0.25) is 4.84 Å². The van der Waals surface area contributed by atoms with Gasteiger partial charge >= 0.3 is 12.0 Å². The second-order valence-corrected chi connectivity index (χ2v) is 4.52. The standard InChI is InChI=1S/C13H26N2O4/c1-2-3-4-5-6-7-8-9-10-14-13(18)15-19-11-12(16)17/h2-11H2,1H3,(H,16,17)(H2,14,15,18). The summed E-state index contributed by atoms with van der Waals surface area (Å²) in [5, 5.41) is 10.9. The van der Waals surface area contributed by atoms with Crippen LogP contribution < -0.4 is 10.8 Å². The molecule has 0 aliphatic carbocycles. The summed E-state index contributed by atoms with van der Waals surface area (Å²) in [6.45, 7) is 2.25. The van der Waals surface area contributed by atoms with Crippen LogP contribution in [0.5, 0.6) is 0 Å². The Morgan fingerprint density at radius 3 is 2.16 bits per heavy atom. The van der Waals surface area contributed by atoms with E-state index < -0.39 is 18.6 Å². The Balaban J connectivity index is 3.16. The maximum atomic E-state index is 11.1. The van der Waals surface area contributed by atoms with E-state index in [1.54, 1.807) is 0 Å². The third-order valence-corrected chi connectivity index (χ3v) is 2.68. The van der Waals surface area contributed by atoms with E-state index in [4.69, 9.17) is 5.11 Å². The molecule has 6 heteroatoms. The van der Waals surface area contributed by atoms with Gasteiger partial charge in [-0.15, -0.1) is 0 Å². The maximum Gasteiger partial charge on any atom is 0.338 e. The van der Waals surface area contributed by atoms with Crippen LogP contribution in [0.25, 0.3) is 0 Å². The Hall–Kier alpha value is -1.30. The molecule has 0 spiro atoms. The van der Waals surface area contributed by atoms with Crippen molar-refractivity contribution < 1.29 is 19.5 Å². The number of hydroxylamine groups is 1. The molecule has 3 N–H and O–H groups in total. The molecule has 0 rings (SSSR count). The van der Waals surface area contributed by atoms with E-state index in [1.807, 2.05) is 5.48 Å². The SMILES string of the molecule is CCCCCCCCCCNC(=O)NOCC(=O)O. The Bertz CT molecular complexity index is 247. The molecule has 2 amide bonds. The van der Waals surface area contributed by atoms with Gasteiger partial charge in [-0.05, 0) is 6.42 Å². The van der Waals surface area contributed by atoms with E-state index >= 15 is 0 Å². The van der Waals surface area contributed by atoms with Crippen molar-refractivity contribution in [3.8, 4) is 0 Å². The van der Waals surface area contributed by atoms with Crippen LogP contribution in [0.2, 0.25) is 0 Å². The van der Waals surface area contributed by atoms with Gasteiger partial charge < -0.3 is 10.4 Å². The van der Waals surface area contributed by atoms with Gasteiger partial charge in [0.25, 0.3) is 0 Å². The van der Waals surface area contributed by atoms with Crippen molar-refractivity contribution in [2.45, 2.75) is 58.3 Å². The van der Waals surface area contributed by atoms with Crippen molar-refractivity contribution in [2.75, 3.05) is 13.2 Å². The first-order chi connectivity index (χ1) is 9.16. The highest BCUT2D eigenvalue weighted by molar-refractivity contribution is 5.73. The van der Waals surface area contributed by atoms with Crippen molar-refractivity contribution in [1.82, 2.24) is 10.8 Å². The minimum atomic E-state index is -1.12. The highest BCUT2D eigenvalue weighted by atomic mass is 16.7. The summed E-state index contributed by atoms with van der Waals surface area (Å²) in [6.07, 6.45) is 9.68. The number of rotatable bonds is 12. The summed E-state index contributed by atoms with van der Waals surface area (Å²) in [5.41, 5.74) is 2.01. The number of carboxylic acid groups (broad SMARTS) is 1. The highest BCUT2D eigenvalue weighted by Gasteiger charge is 2.01. The third kappa shape index (κ3) is 14.6. The van der Waals surface area contributed by atoms with E-state index in [9.17, 15) is 9.59 Å². The second-order valence-electron chi connectivity index (χ2n) is 4.52. The van der Waals surface area contributed by atoms with Crippen LogP contribution in [0, 0.1) is 0 Å². The van der Waals surface area contributed by atoms with Crippen molar-refractivity contribution in [3.63, 3.8) is 0 Å². The van der Waals surface area contributed by atoms with Crippen LogP contribution in [0.3, 0.4) is 0 Å². The summed E-state index contributed by atoms with van der Waals surface area (Å²) in [6, 6.07) is -0.496. The summed E-state index contributed by atoms with van der Waals surface area (Å²) in [5.74, 6) is -1.12. The van der Waals surface area contributed by atoms with E-state index in [0.29, 0.717) is 6.54 Å². The minimum Gasteiger partial charge on any atom is -0.479 e. The lowest BCUT2D eigenvalue weighted by Gasteiger charge is -2.06. The molecule has 6 nitrogen and oxygen atoms in total. The molecule has 0 aromatic rings. The zero-order valence-corrected chi connectivity index (χ0v) is 11.7. The molecule has 19 heavy (non-hydrogen) atoms. The number of nitrogens with one attached hydrogen (secondary N) is 2. The minimum absolute atomic E-state index is 0.496. The number of unbranched alkanes of at least 4 members (excludes halogenated alkanes) is 7. The average molecular weight is 274 g/mol. The number of hydrogen-bond donors (Lipinski definition) is 3. The monoisotopic (exact) mass is 274 g/mol.